The minimum atomic E-state index is -4.10. The summed E-state index contributed by atoms with van der Waals surface area (Å²) in [4.78, 5) is 36.4. The molecule has 0 aliphatic heterocycles. The topological polar surface area (TPSA) is 105 Å². The number of aliphatic carboxylic acids is 1. The Balaban J connectivity index is 1.40. The fourth-order valence-electron chi connectivity index (χ4n) is 4.66. The lowest BCUT2D eigenvalue weighted by Crippen LogP contribution is -2.57. The molecule has 0 saturated heterocycles. The molecule has 35 heavy (non-hydrogen) atoms. The van der Waals surface area contributed by atoms with Gasteiger partial charge < -0.3 is 20.5 Å². The number of carbonyl (C=O) groups excluding carboxylic acids is 2. The average Bonchev–Trinajstić information content (AvgIpc) is 3.63. The first-order chi connectivity index (χ1) is 16.7. The van der Waals surface area contributed by atoms with Crippen molar-refractivity contribution in [1.82, 2.24) is 10.6 Å². The van der Waals surface area contributed by atoms with Crippen LogP contribution in [0.4, 0.5) is 13.6 Å². The highest BCUT2D eigenvalue weighted by molar-refractivity contribution is 5.87. The quantitative estimate of drug-likeness (QED) is 0.464. The molecule has 3 N–H and O–H groups in total. The summed E-state index contributed by atoms with van der Waals surface area (Å²) in [7, 11) is 0. The minimum Gasteiger partial charge on any atom is -0.477 e. The number of nitrogens with one attached hydrogen (secondary N) is 2. The molecule has 9 heteroatoms. The fraction of sp³-hybridized carbons (Fsp3) is 0.423. The van der Waals surface area contributed by atoms with Crippen LogP contribution in [-0.2, 0) is 14.3 Å². The van der Waals surface area contributed by atoms with E-state index in [-0.39, 0.29) is 18.9 Å². The number of carboxylic acid groups (broad SMARTS) is 1. The van der Waals surface area contributed by atoms with Crippen molar-refractivity contribution in [3.05, 3.63) is 59.7 Å². The van der Waals surface area contributed by atoms with Gasteiger partial charge in [-0.25, -0.2) is 9.59 Å². The summed E-state index contributed by atoms with van der Waals surface area (Å²) in [5.41, 5.74) is 4.22. The van der Waals surface area contributed by atoms with Gasteiger partial charge in [-0.3, -0.25) is 4.79 Å². The van der Waals surface area contributed by atoms with Crippen LogP contribution in [0.3, 0.4) is 0 Å². The van der Waals surface area contributed by atoms with Gasteiger partial charge in [0, 0.05) is 5.92 Å². The molecule has 4 rings (SSSR count). The van der Waals surface area contributed by atoms with Crippen LogP contribution in [0, 0.1) is 5.92 Å². The van der Waals surface area contributed by atoms with E-state index in [1.54, 1.807) is 6.92 Å². The summed E-state index contributed by atoms with van der Waals surface area (Å²) in [5.74, 6) is -8.01. The molecule has 2 atom stereocenters. The molecule has 2 aliphatic rings. The number of alkyl halides is 2. The third-order valence-corrected chi connectivity index (χ3v) is 6.60. The third kappa shape index (κ3) is 5.13. The number of carbonyl (C=O) groups is 3. The van der Waals surface area contributed by atoms with Gasteiger partial charge in [0.2, 0.25) is 5.91 Å². The van der Waals surface area contributed by atoms with Gasteiger partial charge in [0.15, 0.2) is 0 Å². The lowest BCUT2D eigenvalue weighted by molar-refractivity contribution is -0.171. The van der Waals surface area contributed by atoms with E-state index < -0.39 is 41.9 Å². The zero-order chi connectivity index (χ0) is 25.2. The predicted molar refractivity (Wildman–Crippen MR) is 124 cm³/mol. The van der Waals surface area contributed by atoms with Crippen molar-refractivity contribution in [3.63, 3.8) is 0 Å². The largest absolute Gasteiger partial charge is 0.477 e. The van der Waals surface area contributed by atoms with Crippen LogP contribution >= 0.6 is 0 Å². The van der Waals surface area contributed by atoms with E-state index in [1.807, 2.05) is 48.5 Å². The fourth-order valence-corrected chi connectivity index (χ4v) is 4.66. The lowest BCUT2D eigenvalue weighted by Gasteiger charge is -2.27. The molecule has 1 unspecified atom stereocenters. The molecule has 2 aromatic rings. The first kappa shape index (κ1) is 24.6. The average molecular weight is 487 g/mol. The van der Waals surface area contributed by atoms with Crippen molar-refractivity contribution in [2.45, 2.75) is 56.5 Å². The van der Waals surface area contributed by atoms with Gasteiger partial charge in [-0.1, -0.05) is 61.9 Å². The van der Waals surface area contributed by atoms with Crippen molar-refractivity contribution < 1.29 is 33.0 Å². The predicted octanol–water partition coefficient (Wildman–Crippen LogP) is 4.31. The maximum atomic E-state index is 14.2. The molecule has 0 heterocycles. The number of halogens is 2. The number of carboxylic acids is 1. The summed E-state index contributed by atoms with van der Waals surface area (Å²) in [5, 5.41) is 13.6. The number of alkyl carbamates (subject to hydrolysis) is 1. The summed E-state index contributed by atoms with van der Waals surface area (Å²) in [6, 6.07) is 12.8. The van der Waals surface area contributed by atoms with Gasteiger partial charge in [-0.15, -0.1) is 0 Å². The highest BCUT2D eigenvalue weighted by Crippen LogP contribution is 2.44. The smallest absolute Gasteiger partial charge is 0.407 e. The first-order valence-electron chi connectivity index (χ1n) is 11.8. The molecule has 1 fully saturated rings. The SMILES string of the molecule is CCC[C@@H](NC(=O)OCC1c2ccccc2-c2ccccc21)C(=O)NC(C1CC1)C(F)(F)C(=O)O. The summed E-state index contributed by atoms with van der Waals surface area (Å²) in [6.07, 6.45) is 0.656. The summed E-state index contributed by atoms with van der Waals surface area (Å²) < 4.78 is 33.8. The van der Waals surface area contributed by atoms with Crippen LogP contribution < -0.4 is 10.6 Å². The van der Waals surface area contributed by atoms with E-state index in [2.05, 4.69) is 10.6 Å². The molecule has 1 saturated carbocycles. The molecule has 2 aromatic carbocycles. The number of fused-ring (bicyclic) bond motifs is 3. The van der Waals surface area contributed by atoms with Crippen LogP contribution in [0.15, 0.2) is 48.5 Å². The van der Waals surface area contributed by atoms with Crippen LogP contribution in [0.2, 0.25) is 0 Å². The zero-order valence-corrected chi connectivity index (χ0v) is 19.3. The van der Waals surface area contributed by atoms with E-state index in [9.17, 15) is 23.2 Å². The van der Waals surface area contributed by atoms with Crippen molar-refractivity contribution in [1.29, 1.82) is 0 Å². The Morgan fingerprint density at radius 2 is 1.60 bits per heavy atom. The van der Waals surface area contributed by atoms with E-state index in [0.717, 1.165) is 22.3 Å². The second kappa shape index (κ2) is 10.0. The molecule has 0 radical (unpaired) electrons. The van der Waals surface area contributed by atoms with Gasteiger partial charge in [-0.05, 0) is 47.4 Å². The number of ether oxygens (including phenoxy) is 1. The van der Waals surface area contributed by atoms with Gasteiger partial charge in [0.25, 0.3) is 0 Å². The standard InChI is InChI=1S/C26H28F2N2O5/c1-2-7-21(23(31)30-22(15-12-13-15)26(27,28)24(32)33)29-25(34)35-14-20-18-10-5-3-8-16(18)17-9-4-6-11-19(17)20/h3-6,8-11,15,20-22H,2,7,12-14H2,1H3,(H,29,34)(H,30,31)(H,32,33)/t21-,22?/m1/s1. The molecular formula is C26H28F2N2O5. The van der Waals surface area contributed by atoms with Gasteiger partial charge in [0.05, 0.1) is 0 Å². The van der Waals surface area contributed by atoms with Crippen molar-refractivity contribution in [2.24, 2.45) is 5.92 Å². The van der Waals surface area contributed by atoms with Crippen molar-refractivity contribution in [3.8, 4) is 11.1 Å². The molecule has 186 valence electrons. The second-order valence-electron chi connectivity index (χ2n) is 9.06. The molecule has 2 aliphatic carbocycles. The van der Waals surface area contributed by atoms with E-state index in [1.165, 1.54) is 0 Å². The Hall–Kier alpha value is -3.49. The third-order valence-electron chi connectivity index (χ3n) is 6.60. The number of hydrogen-bond donors (Lipinski definition) is 3. The van der Waals surface area contributed by atoms with Crippen LogP contribution in [0.1, 0.15) is 49.7 Å². The normalized spacial score (nSPS) is 16.5. The van der Waals surface area contributed by atoms with Crippen molar-refractivity contribution >= 4 is 18.0 Å². The van der Waals surface area contributed by atoms with Crippen molar-refractivity contribution in [2.75, 3.05) is 6.61 Å². The Morgan fingerprint density at radius 1 is 1.03 bits per heavy atom. The zero-order valence-electron chi connectivity index (χ0n) is 19.3. The van der Waals surface area contributed by atoms with E-state index in [4.69, 9.17) is 9.84 Å². The number of benzene rings is 2. The molecular weight excluding hydrogens is 458 g/mol. The monoisotopic (exact) mass is 486 g/mol. The second-order valence-corrected chi connectivity index (χ2v) is 9.06. The van der Waals surface area contributed by atoms with Crippen LogP contribution in [0.5, 0.6) is 0 Å². The van der Waals surface area contributed by atoms with Crippen LogP contribution in [0.25, 0.3) is 11.1 Å². The van der Waals surface area contributed by atoms with E-state index in [0.29, 0.717) is 19.3 Å². The molecule has 0 spiro atoms. The molecule has 0 aromatic heterocycles. The highest BCUT2D eigenvalue weighted by Gasteiger charge is 2.55. The van der Waals surface area contributed by atoms with Gasteiger partial charge >= 0.3 is 18.0 Å². The Labute approximate surface area is 201 Å². The number of hydrogen-bond acceptors (Lipinski definition) is 4. The number of rotatable bonds is 10. The lowest BCUT2D eigenvalue weighted by atomic mass is 9.98. The van der Waals surface area contributed by atoms with E-state index >= 15 is 0 Å². The highest BCUT2D eigenvalue weighted by atomic mass is 19.3. The molecule has 2 amide bonds. The maximum absolute atomic E-state index is 14.2. The Morgan fingerprint density at radius 3 is 2.11 bits per heavy atom. The Kier molecular flexibility index (Phi) is 7.05. The minimum absolute atomic E-state index is 0.0438. The number of amides is 2. The first-order valence-corrected chi connectivity index (χ1v) is 11.8. The summed E-state index contributed by atoms with van der Waals surface area (Å²) >= 11 is 0. The Bertz CT molecular complexity index is 1070. The maximum Gasteiger partial charge on any atom is 0.407 e. The summed E-state index contributed by atoms with van der Waals surface area (Å²) in [6.45, 7) is 1.83. The van der Waals surface area contributed by atoms with Crippen LogP contribution in [-0.4, -0.2) is 47.7 Å². The van der Waals surface area contributed by atoms with Gasteiger partial charge in [-0.2, -0.15) is 8.78 Å². The molecule has 0 bridgehead atoms. The molecule has 7 nitrogen and oxygen atoms in total. The van der Waals surface area contributed by atoms with Gasteiger partial charge in [0.1, 0.15) is 18.7 Å².